The molecule has 4 rings (SSSR count). The van der Waals surface area contributed by atoms with Gasteiger partial charge in [-0.1, -0.05) is 54.8 Å². The summed E-state index contributed by atoms with van der Waals surface area (Å²) in [5.41, 5.74) is 0.716. The number of nitrogens with zero attached hydrogens (tertiary/aromatic N) is 4. The maximum absolute atomic E-state index is 13.0. The van der Waals surface area contributed by atoms with Gasteiger partial charge in [0.1, 0.15) is 0 Å². The Morgan fingerprint density at radius 1 is 1.12 bits per heavy atom. The lowest BCUT2D eigenvalue weighted by molar-refractivity contribution is -0.119. The third-order valence-corrected chi connectivity index (χ3v) is 7.10. The Labute approximate surface area is 194 Å². The second kappa shape index (κ2) is 9.54. The van der Waals surface area contributed by atoms with Gasteiger partial charge in [0.15, 0.2) is 16.3 Å². The van der Waals surface area contributed by atoms with E-state index < -0.39 is 11.2 Å². The van der Waals surface area contributed by atoms with E-state index in [2.05, 4.69) is 10.3 Å². The van der Waals surface area contributed by atoms with Crippen LogP contribution < -0.4 is 16.6 Å². The first kappa shape index (κ1) is 22.7. The fraction of sp³-hybridized carbons (Fsp3) is 0.455. The molecule has 2 aromatic heterocycles. The number of halogens is 1. The minimum absolute atomic E-state index is 0.0474. The Balaban J connectivity index is 1.67. The zero-order valence-corrected chi connectivity index (χ0v) is 19.7. The number of rotatable bonds is 6. The molecule has 1 aromatic carbocycles. The van der Waals surface area contributed by atoms with E-state index in [4.69, 9.17) is 11.6 Å². The van der Waals surface area contributed by atoms with Crippen molar-refractivity contribution in [3.05, 3.63) is 55.7 Å². The Morgan fingerprint density at radius 3 is 2.50 bits per heavy atom. The van der Waals surface area contributed by atoms with Gasteiger partial charge in [-0.3, -0.25) is 18.7 Å². The lowest BCUT2D eigenvalue weighted by Gasteiger charge is -2.22. The van der Waals surface area contributed by atoms with Crippen LogP contribution >= 0.6 is 23.4 Å². The van der Waals surface area contributed by atoms with E-state index in [1.54, 1.807) is 23.7 Å². The van der Waals surface area contributed by atoms with Crippen molar-refractivity contribution in [3.8, 4) is 0 Å². The number of amides is 1. The zero-order valence-electron chi connectivity index (χ0n) is 18.1. The molecule has 2 heterocycles. The van der Waals surface area contributed by atoms with Crippen molar-refractivity contribution < 1.29 is 4.79 Å². The van der Waals surface area contributed by atoms with Gasteiger partial charge in [-0.05, 0) is 30.5 Å². The molecule has 1 aliphatic rings. The normalized spacial score (nSPS) is 14.7. The second-order valence-corrected chi connectivity index (χ2v) is 9.56. The van der Waals surface area contributed by atoms with Gasteiger partial charge in [-0.2, -0.15) is 0 Å². The molecule has 1 amide bonds. The van der Waals surface area contributed by atoms with Gasteiger partial charge in [0.05, 0.1) is 12.3 Å². The van der Waals surface area contributed by atoms with Gasteiger partial charge >= 0.3 is 5.69 Å². The molecule has 0 atom stereocenters. The minimum atomic E-state index is -0.440. The van der Waals surface area contributed by atoms with E-state index >= 15 is 0 Å². The Morgan fingerprint density at radius 2 is 1.81 bits per heavy atom. The fourth-order valence-corrected chi connectivity index (χ4v) is 5.03. The molecule has 0 aliphatic heterocycles. The van der Waals surface area contributed by atoms with Crippen molar-refractivity contribution in [2.75, 3.05) is 5.75 Å². The molecule has 0 bridgehead atoms. The van der Waals surface area contributed by atoms with Crippen molar-refractivity contribution in [3.63, 3.8) is 0 Å². The van der Waals surface area contributed by atoms with Gasteiger partial charge in [-0.15, -0.1) is 0 Å². The van der Waals surface area contributed by atoms with Crippen LogP contribution in [0.4, 0.5) is 0 Å². The predicted octanol–water partition coefficient (Wildman–Crippen LogP) is 2.68. The number of thioether (sulfide) groups is 1. The lowest BCUT2D eigenvalue weighted by atomic mass is 9.95. The van der Waals surface area contributed by atoms with Crippen molar-refractivity contribution in [2.45, 2.75) is 49.8 Å². The molecule has 8 nitrogen and oxygen atoms in total. The molecule has 3 aromatic rings. The number of carbonyl (C=O) groups excluding carboxylic acids is 1. The molecular weight excluding hydrogens is 450 g/mol. The maximum Gasteiger partial charge on any atom is 0.332 e. The third-order valence-electron chi connectivity index (χ3n) is 5.87. The number of hydrogen-bond acceptors (Lipinski definition) is 5. The van der Waals surface area contributed by atoms with E-state index in [1.807, 2.05) is 12.1 Å². The number of aryl methyl sites for hydroxylation is 1. The molecule has 170 valence electrons. The van der Waals surface area contributed by atoms with E-state index in [9.17, 15) is 14.4 Å². The van der Waals surface area contributed by atoms with Gasteiger partial charge in [0.25, 0.3) is 5.56 Å². The summed E-state index contributed by atoms with van der Waals surface area (Å²) in [5, 5.41) is 4.25. The zero-order chi connectivity index (χ0) is 22.8. The standard InChI is InChI=1S/C22H26ClN5O3S/c1-26-19-18(20(30)27(2)22(26)31)28(12-14-8-10-15(23)11-9-14)21(25-19)32-13-17(29)24-16-6-4-3-5-7-16/h8-11,16H,3-7,12-13H2,1-2H3,(H,24,29). The topological polar surface area (TPSA) is 90.9 Å². The van der Waals surface area contributed by atoms with Gasteiger partial charge in [0, 0.05) is 25.2 Å². The van der Waals surface area contributed by atoms with Crippen molar-refractivity contribution in [2.24, 2.45) is 14.1 Å². The molecule has 0 spiro atoms. The van der Waals surface area contributed by atoms with Crippen LogP contribution in [0.15, 0.2) is 39.0 Å². The number of benzene rings is 1. The molecule has 1 fully saturated rings. The number of aromatic nitrogens is 4. The van der Waals surface area contributed by atoms with Crippen molar-refractivity contribution >= 4 is 40.4 Å². The van der Waals surface area contributed by atoms with Crippen molar-refractivity contribution in [1.29, 1.82) is 0 Å². The monoisotopic (exact) mass is 475 g/mol. The first-order chi connectivity index (χ1) is 15.3. The van der Waals surface area contributed by atoms with Crippen LogP contribution in [0.25, 0.3) is 11.2 Å². The molecule has 1 aliphatic carbocycles. The number of imidazole rings is 1. The Bertz CT molecular complexity index is 1260. The van der Waals surface area contributed by atoms with Crippen LogP contribution in [0.2, 0.25) is 5.02 Å². The molecular formula is C22H26ClN5O3S. The first-order valence-corrected chi connectivity index (χ1v) is 12.0. The molecule has 0 unspecified atom stereocenters. The molecule has 0 saturated heterocycles. The van der Waals surface area contributed by atoms with E-state index in [1.165, 1.54) is 29.8 Å². The van der Waals surface area contributed by atoms with E-state index in [0.717, 1.165) is 35.8 Å². The smallest absolute Gasteiger partial charge is 0.332 e. The first-order valence-electron chi connectivity index (χ1n) is 10.7. The summed E-state index contributed by atoms with van der Waals surface area (Å²) in [7, 11) is 3.04. The largest absolute Gasteiger partial charge is 0.353 e. The van der Waals surface area contributed by atoms with Gasteiger partial charge in [-0.25, -0.2) is 9.78 Å². The fourth-order valence-electron chi connectivity index (χ4n) is 4.10. The number of fused-ring (bicyclic) bond motifs is 1. The summed E-state index contributed by atoms with van der Waals surface area (Å²) in [6.45, 7) is 0.369. The highest BCUT2D eigenvalue weighted by Gasteiger charge is 2.21. The third kappa shape index (κ3) is 4.63. The highest BCUT2D eigenvalue weighted by atomic mass is 35.5. The summed E-state index contributed by atoms with van der Waals surface area (Å²) < 4.78 is 4.22. The summed E-state index contributed by atoms with van der Waals surface area (Å²) in [6.07, 6.45) is 5.55. The van der Waals surface area contributed by atoms with Crippen molar-refractivity contribution in [1.82, 2.24) is 24.0 Å². The van der Waals surface area contributed by atoms with Crippen LogP contribution in [-0.4, -0.2) is 36.4 Å². The molecule has 10 heteroatoms. The van der Waals surface area contributed by atoms with Crippen LogP contribution in [0, 0.1) is 0 Å². The highest BCUT2D eigenvalue weighted by molar-refractivity contribution is 7.99. The van der Waals surface area contributed by atoms with E-state index in [0.29, 0.717) is 27.9 Å². The van der Waals surface area contributed by atoms with Crippen LogP contribution in [-0.2, 0) is 25.4 Å². The Hall–Kier alpha value is -2.52. The molecule has 0 radical (unpaired) electrons. The average Bonchev–Trinajstić information content (AvgIpc) is 3.15. The maximum atomic E-state index is 13.0. The minimum Gasteiger partial charge on any atom is -0.353 e. The average molecular weight is 476 g/mol. The van der Waals surface area contributed by atoms with Crippen LogP contribution in [0.3, 0.4) is 0 Å². The van der Waals surface area contributed by atoms with Crippen LogP contribution in [0.5, 0.6) is 0 Å². The summed E-state index contributed by atoms with van der Waals surface area (Å²) in [5.74, 6) is 0.142. The Kier molecular flexibility index (Phi) is 6.76. The number of carbonyl (C=O) groups is 1. The highest BCUT2D eigenvalue weighted by Crippen LogP contribution is 2.24. The quantitative estimate of drug-likeness (QED) is 0.553. The SMILES string of the molecule is Cn1c(=O)c2c(nc(SCC(=O)NC3CCCCC3)n2Cc2ccc(Cl)cc2)n(C)c1=O. The summed E-state index contributed by atoms with van der Waals surface area (Å²) in [4.78, 5) is 42.5. The van der Waals surface area contributed by atoms with Gasteiger partial charge in [0.2, 0.25) is 5.91 Å². The number of nitrogens with one attached hydrogen (secondary N) is 1. The second-order valence-electron chi connectivity index (χ2n) is 8.18. The predicted molar refractivity (Wildman–Crippen MR) is 127 cm³/mol. The number of hydrogen-bond donors (Lipinski definition) is 1. The van der Waals surface area contributed by atoms with E-state index in [-0.39, 0.29) is 17.7 Å². The van der Waals surface area contributed by atoms with Gasteiger partial charge < -0.3 is 9.88 Å². The lowest BCUT2D eigenvalue weighted by Crippen LogP contribution is -2.37. The molecule has 1 saturated carbocycles. The van der Waals surface area contributed by atoms with Crippen LogP contribution in [0.1, 0.15) is 37.7 Å². The summed E-state index contributed by atoms with van der Waals surface area (Å²) in [6, 6.07) is 7.57. The summed E-state index contributed by atoms with van der Waals surface area (Å²) >= 11 is 7.28. The molecule has 1 N–H and O–H groups in total. The molecule has 32 heavy (non-hydrogen) atoms.